The molecule has 0 aromatic heterocycles. The van der Waals surface area contributed by atoms with Gasteiger partial charge in [0.2, 0.25) is 0 Å². The van der Waals surface area contributed by atoms with Crippen LogP contribution in [0.2, 0.25) is 9.26 Å². The third-order valence-corrected chi connectivity index (χ3v) is 27.8. The summed E-state index contributed by atoms with van der Waals surface area (Å²) in [6, 6.07) is 60.8. The summed E-state index contributed by atoms with van der Waals surface area (Å²) in [6.07, 6.45) is 2.17. The number of rotatable bonds is 6. The monoisotopic (exact) mass is 738 g/mol. The number of hydrogen-bond acceptors (Lipinski definition) is 0. The first kappa shape index (κ1) is 31.9. The van der Waals surface area contributed by atoms with Gasteiger partial charge in [-0.15, -0.1) is 0 Å². The molecule has 2 atom stereocenters. The fraction of sp³-hybridized carbons (Fsp3) is 0.167. The van der Waals surface area contributed by atoms with Crippen LogP contribution in [0.25, 0.3) is 32.6 Å². The second-order valence-electron chi connectivity index (χ2n) is 14.9. The van der Waals surface area contributed by atoms with Gasteiger partial charge in [-0.2, -0.15) is 0 Å². The summed E-state index contributed by atoms with van der Waals surface area (Å²) in [6.45, 7) is 4.93. The molecule has 0 fully saturated rings. The van der Waals surface area contributed by atoms with E-state index >= 15 is 0 Å². The summed E-state index contributed by atoms with van der Waals surface area (Å²) in [7, 11) is -2.96. The molecule has 50 heavy (non-hydrogen) atoms. The van der Waals surface area contributed by atoms with Crippen molar-refractivity contribution in [3.05, 3.63) is 191 Å². The van der Waals surface area contributed by atoms with Gasteiger partial charge in [0.15, 0.2) is 0 Å². The Balaban J connectivity index is 1.55. The van der Waals surface area contributed by atoms with E-state index in [-0.39, 0.29) is 0 Å². The molecular weight excluding hydrogens is 696 g/mol. The van der Waals surface area contributed by atoms with Crippen molar-refractivity contribution in [2.75, 3.05) is 0 Å². The summed E-state index contributed by atoms with van der Waals surface area (Å²) in [5.41, 5.74) is 15.3. The molecule has 2 aliphatic carbocycles. The van der Waals surface area contributed by atoms with Gasteiger partial charge in [-0.05, 0) is 0 Å². The van der Waals surface area contributed by atoms with E-state index in [0.29, 0.717) is 7.25 Å². The molecule has 6 aromatic carbocycles. The number of fused-ring (bicyclic) bond motifs is 8. The normalized spacial score (nSPS) is 19.5. The molecule has 4 bridgehead atoms. The van der Waals surface area contributed by atoms with Crippen LogP contribution >= 0.6 is 0 Å². The fourth-order valence-corrected chi connectivity index (χ4v) is 29.4. The van der Waals surface area contributed by atoms with Crippen LogP contribution in [0.4, 0.5) is 0 Å². The molecule has 1 aliphatic heterocycles. The Morgan fingerprint density at radius 3 is 1.16 bits per heavy atom. The summed E-state index contributed by atoms with van der Waals surface area (Å²) >= 11 is -3.19. The maximum absolute atomic E-state index is 3.19. The van der Waals surface area contributed by atoms with Gasteiger partial charge in [-0.25, -0.2) is 0 Å². The SMILES string of the molecule is CCC1=C2c3c(-c4ccccc4)cccc3[CH]1[Zr]([CH3])([CH3])[CH]1C(CC)=C(c3c(-c4ccccc4)cccc31)[Si]2(c1ccccc1)c1ccccc1. The number of allylic oxidation sites excluding steroid dienone is 2. The van der Waals surface area contributed by atoms with Crippen LogP contribution in [0.5, 0.6) is 0 Å². The molecule has 1 heterocycles. The first-order valence-corrected chi connectivity index (χ1v) is 28.2. The van der Waals surface area contributed by atoms with Gasteiger partial charge in [-0.1, -0.05) is 0 Å². The third kappa shape index (κ3) is 4.37. The first-order valence-electron chi connectivity index (χ1n) is 18.5. The zero-order chi connectivity index (χ0) is 34.0. The van der Waals surface area contributed by atoms with E-state index in [2.05, 4.69) is 181 Å². The Kier molecular flexibility index (Phi) is 7.83. The quantitative estimate of drug-likeness (QED) is 0.149. The van der Waals surface area contributed by atoms with Crippen LogP contribution in [0.1, 0.15) is 56.2 Å². The zero-order valence-electron chi connectivity index (χ0n) is 29.6. The Morgan fingerprint density at radius 1 is 0.440 bits per heavy atom. The molecular formula is C48H44SiZr. The second-order valence-corrected chi connectivity index (χ2v) is 30.4. The molecule has 6 aromatic rings. The van der Waals surface area contributed by atoms with Gasteiger partial charge in [0.25, 0.3) is 0 Å². The molecule has 0 radical (unpaired) electrons. The first-order chi connectivity index (χ1) is 24.5. The van der Waals surface area contributed by atoms with E-state index in [4.69, 9.17) is 0 Å². The molecule has 0 nitrogen and oxygen atoms in total. The summed E-state index contributed by atoms with van der Waals surface area (Å²) in [4.78, 5) is 0. The molecule has 0 spiro atoms. The van der Waals surface area contributed by atoms with Gasteiger partial charge in [0.05, 0.1) is 0 Å². The van der Waals surface area contributed by atoms with Crippen molar-refractivity contribution in [3.63, 3.8) is 0 Å². The van der Waals surface area contributed by atoms with Gasteiger partial charge in [0, 0.05) is 0 Å². The molecule has 0 amide bonds. The van der Waals surface area contributed by atoms with E-state index in [9.17, 15) is 0 Å². The van der Waals surface area contributed by atoms with Crippen LogP contribution in [0.15, 0.2) is 169 Å². The number of benzene rings is 6. The van der Waals surface area contributed by atoms with Crippen LogP contribution in [-0.2, 0) is 20.3 Å². The minimum absolute atomic E-state index is 0.515. The predicted molar refractivity (Wildman–Crippen MR) is 213 cm³/mol. The Hall–Kier alpha value is -4.10. The van der Waals surface area contributed by atoms with Crippen LogP contribution in [0, 0.1) is 0 Å². The van der Waals surface area contributed by atoms with E-state index in [1.807, 2.05) is 0 Å². The molecule has 0 N–H and O–H groups in total. The van der Waals surface area contributed by atoms with Gasteiger partial charge >= 0.3 is 306 Å². The Morgan fingerprint density at radius 2 is 0.800 bits per heavy atom. The van der Waals surface area contributed by atoms with Crippen molar-refractivity contribution in [1.82, 2.24) is 0 Å². The van der Waals surface area contributed by atoms with Gasteiger partial charge in [0.1, 0.15) is 0 Å². The van der Waals surface area contributed by atoms with E-state index in [0.717, 1.165) is 12.8 Å². The van der Waals surface area contributed by atoms with Crippen molar-refractivity contribution in [2.24, 2.45) is 0 Å². The molecule has 2 heteroatoms. The van der Waals surface area contributed by atoms with E-state index in [1.54, 1.807) is 43.8 Å². The third-order valence-electron chi connectivity index (χ3n) is 12.2. The molecule has 3 aliphatic rings. The van der Waals surface area contributed by atoms with Crippen LogP contribution in [-0.4, -0.2) is 8.07 Å². The minimum atomic E-state index is -3.19. The standard InChI is InChI=1S/C46H38Si.2CH3.Zr/c1-3-33-31-37-23-17-29-41(35-19-9-5-10-20-35)43(37)45(33)47(39-25-13-7-14-26-39,40-27-15-8-16-28-40)46-34(4-2)32-38-24-18-30-42(44(38)46)36-21-11-6-12-22-36;;;/h5-32H,3-4H2,1-2H3;2*1H3;. The summed E-state index contributed by atoms with van der Waals surface area (Å²) in [5.74, 6) is 0. The molecule has 9 rings (SSSR count). The van der Waals surface area contributed by atoms with Crippen molar-refractivity contribution >= 4 is 28.8 Å². The topological polar surface area (TPSA) is 0 Å². The fourth-order valence-electron chi connectivity index (χ4n) is 10.6. The molecule has 244 valence electrons. The molecule has 0 saturated heterocycles. The average molecular weight is 740 g/mol. The summed E-state index contributed by atoms with van der Waals surface area (Å²) < 4.78 is 6.64. The van der Waals surface area contributed by atoms with Gasteiger partial charge in [-0.3, -0.25) is 0 Å². The second kappa shape index (κ2) is 12.3. The zero-order valence-corrected chi connectivity index (χ0v) is 33.0. The Labute approximate surface area is 303 Å². The van der Waals surface area contributed by atoms with E-state index in [1.165, 1.54) is 32.6 Å². The van der Waals surface area contributed by atoms with Crippen molar-refractivity contribution < 1.29 is 20.3 Å². The predicted octanol–water partition coefficient (Wildman–Crippen LogP) is 11.8. The van der Waals surface area contributed by atoms with Gasteiger partial charge < -0.3 is 0 Å². The molecule has 0 saturated carbocycles. The number of hydrogen-bond donors (Lipinski definition) is 0. The Bertz CT molecular complexity index is 2130. The maximum atomic E-state index is 2.80. The van der Waals surface area contributed by atoms with E-state index < -0.39 is 28.3 Å². The average Bonchev–Trinajstić information content (AvgIpc) is 3.72. The van der Waals surface area contributed by atoms with Crippen LogP contribution < -0.4 is 10.4 Å². The van der Waals surface area contributed by atoms with Crippen LogP contribution in [0.3, 0.4) is 0 Å². The van der Waals surface area contributed by atoms with Crippen molar-refractivity contribution in [3.8, 4) is 22.3 Å². The van der Waals surface area contributed by atoms with Crippen molar-refractivity contribution in [1.29, 1.82) is 0 Å². The summed E-state index contributed by atoms with van der Waals surface area (Å²) in [5, 5.41) is 6.40. The molecule has 2 unspecified atom stereocenters. The van der Waals surface area contributed by atoms with Crippen molar-refractivity contribution in [2.45, 2.75) is 43.2 Å².